The summed E-state index contributed by atoms with van der Waals surface area (Å²) in [4.78, 5) is 0. The van der Waals surface area contributed by atoms with Crippen LogP contribution in [0.3, 0.4) is 0 Å². The topological polar surface area (TPSA) is 60.2 Å². The predicted molar refractivity (Wildman–Crippen MR) is 67.2 cm³/mol. The molecule has 4 heteroatoms. The van der Waals surface area contributed by atoms with Crippen LogP contribution in [0, 0.1) is 13.8 Å². The first-order valence-corrected chi connectivity index (χ1v) is 7.35. The van der Waals surface area contributed by atoms with Crippen molar-refractivity contribution in [1.29, 1.82) is 0 Å². The summed E-state index contributed by atoms with van der Waals surface area (Å²) in [5.74, 6) is 0.140. The van der Waals surface area contributed by atoms with Gasteiger partial charge in [-0.1, -0.05) is 29.3 Å². The lowest BCUT2D eigenvalue weighted by Gasteiger charge is -2.13. The third-order valence-corrected chi connectivity index (χ3v) is 3.45. The molecule has 0 aromatic heterocycles. The van der Waals surface area contributed by atoms with E-state index in [2.05, 4.69) is 6.07 Å². The third kappa shape index (κ3) is 4.33. The van der Waals surface area contributed by atoms with Crippen molar-refractivity contribution in [2.45, 2.75) is 26.3 Å². The van der Waals surface area contributed by atoms with Crippen molar-refractivity contribution in [3.05, 3.63) is 34.9 Å². The molecule has 3 nitrogen and oxygen atoms in total. The molecule has 1 aromatic carbocycles. The maximum Gasteiger partial charge on any atom is 0.147 e. The zero-order valence-corrected chi connectivity index (χ0v) is 10.8. The Morgan fingerprint density at radius 2 is 1.69 bits per heavy atom. The molecule has 0 spiro atoms. The molecule has 1 unspecified atom stereocenters. The molecule has 0 bridgehead atoms. The van der Waals surface area contributed by atoms with Gasteiger partial charge in [0.25, 0.3) is 0 Å². The predicted octanol–water partition coefficient (Wildman–Crippen LogP) is 1.74. The summed E-state index contributed by atoms with van der Waals surface area (Å²) in [5, 5.41) is 0. The molecule has 90 valence electrons. The van der Waals surface area contributed by atoms with Gasteiger partial charge in [0, 0.05) is 12.3 Å². The Balaban J connectivity index is 2.76. The minimum Gasteiger partial charge on any atom is -0.324 e. The van der Waals surface area contributed by atoms with E-state index >= 15 is 0 Å². The van der Waals surface area contributed by atoms with Crippen molar-refractivity contribution >= 4 is 9.84 Å². The van der Waals surface area contributed by atoms with Crippen LogP contribution >= 0.6 is 0 Å². The summed E-state index contributed by atoms with van der Waals surface area (Å²) in [7, 11) is -2.93. The van der Waals surface area contributed by atoms with Crippen molar-refractivity contribution in [2.24, 2.45) is 5.73 Å². The Labute approximate surface area is 97.6 Å². The van der Waals surface area contributed by atoms with Gasteiger partial charge in [0.2, 0.25) is 0 Å². The van der Waals surface area contributed by atoms with Gasteiger partial charge in [0.05, 0.1) is 5.75 Å². The third-order valence-electron chi connectivity index (χ3n) is 2.47. The molecule has 1 aromatic rings. The van der Waals surface area contributed by atoms with Gasteiger partial charge in [-0.2, -0.15) is 0 Å². The van der Waals surface area contributed by atoms with Gasteiger partial charge in [-0.3, -0.25) is 0 Å². The lowest BCUT2D eigenvalue weighted by molar-refractivity contribution is 0.591. The van der Waals surface area contributed by atoms with Crippen LogP contribution in [-0.4, -0.2) is 20.4 Å². The van der Waals surface area contributed by atoms with Crippen LogP contribution in [0.4, 0.5) is 0 Å². The van der Waals surface area contributed by atoms with Crippen LogP contribution in [0.25, 0.3) is 0 Å². The van der Waals surface area contributed by atoms with Crippen LogP contribution in [-0.2, 0) is 9.84 Å². The maximum absolute atomic E-state index is 11.0. The van der Waals surface area contributed by atoms with Crippen LogP contribution in [0.1, 0.15) is 29.2 Å². The van der Waals surface area contributed by atoms with Gasteiger partial charge < -0.3 is 5.73 Å². The number of sulfone groups is 1. The van der Waals surface area contributed by atoms with Gasteiger partial charge in [-0.25, -0.2) is 8.42 Å². The van der Waals surface area contributed by atoms with Gasteiger partial charge in [-0.15, -0.1) is 0 Å². The highest BCUT2D eigenvalue weighted by Gasteiger charge is 2.10. The molecule has 0 aliphatic carbocycles. The summed E-state index contributed by atoms with van der Waals surface area (Å²) >= 11 is 0. The molecule has 0 saturated carbocycles. The van der Waals surface area contributed by atoms with Gasteiger partial charge >= 0.3 is 0 Å². The number of nitrogens with two attached hydrogens (primary N) is 1. The summed E-state index contributed by atoms with van der Waals surface area (Å²) < 4.78 is 22.1. The van der Waals surface area contributed by atoms with Gasteiger partial charge in [0.15, 0.2) is 0 Å². The number of aryl methyl sites for hydroxylation is 2. The van der Waals surface area contributed by atoms with Crippen molar-refractivity contribution in [3.8, 4) is 0 Å². The van der Waals surface area contributed by atoms with Crippen molar-refractivity contribution in [1.82, 2.24) is 0 Å². The van der Waals surface area contributed by atoms with E-state index in [1.165, 1.54) is 6.26 Å². The highest BCUT2D eigenvalue weighted by molar-refractivity contribution is 7.90. The quantitative estimate of drug-likeness (QED) is 0.873. The SMILES string of the molecule is Cc1cc(C)cc(C(N)CCS(C)(=O)=O)c1. The number of benzene rings is 1. The van der Waals surface area contributed by atoms with E-state index in [-0.39, 0.29) is 11.8 Å². The fraction of sp³-hybridized carbons (Fsp3) is 0.500. The zero-order valence-electron chi connectivity index (χ0n) is 10.0. The Bertz CT molecular complexity index is 446. The van der Waals surface area contributed by atoms with E-state index < -0.39 is 9.84 Å². The van der Waals surface area contributed by atoms with Gasteiger partial charge in [-0.05, 0) is 25.8 Å². The van der Waals surface area contributed by atoms with E-state index in [1.54, 1.807) is 0 Å². The first kappa shape index (κ1) is 13.2. The van der Waals surface area contributed by atoms with Crippen LogP contribution in [0.2, 0.25) is 0 Å². The van der Waals surface area contributed by atoms with Crippen molar-refractivity contribution in [2.75, 3.05) is 12.0 Å². The second kappa shape index (κ2) is 4.97. The summed E-state index contributed by atoms with van der Waals surface area (Å²) in [6.45, 7) is 4.03. The lowest BCUT2D eigenvalue weighted by atomic mass is 10.0. The molecule has 2 N–H and O–H groups in total. The average Bonchev–Trinajstić information content (AvgIpc) is 2.11. The fourth-order valence-electron chi connectivity index (χ4n) is 1.73. The molecule has 0 fully saturated rings. The summed E-state index contributed by atoms with van der Waals surface area (Å²) in [5.41, 5.74) is 9.30. The Morgan fingerprint density at radius 3 is 2.12 bits per heavy atom. The molecular formula is C12H19NO2S. The standard InChI is InChI=1S/C12H19NO2S/c1-9-6-10(2)8-11(7-9)12(13)4-5-16(3,14)15/h6-8,12H,4-5,13H2,1-3H3. The minimum absolute atomic E-state index is 0.140. The largest absolute Gasteiger partial charge is 0.324 e. The second-order valence-corrected chi connectivity index (χ2v) is 6.71. The number of hydrogen-bond acceptors (Lipinski definition) is 3. The first-order chi connectivity index (χ1) is 7.28. The Morgan fingerprint density at radius 1 is 1.19 bits per heavy atom. The highest BCUT2D eigenvalue weighted by atomic mass is 32.2. The molecule has 16 heavy (non-hydrogen) atoms. The summed E-state index contributed by atoms with van der Waals surface area (Å²) in [6, 6.07) is 5.90. The van der Waals surface area contributed by atoms with E-state index in [0.717, 1.165) is 16.7 Å². The normalized spacial score (nSPS) is 13.8. The molecule has 0 aliphatic heterocycles. The lowest BCUT2D eigenvalue weighted by Crippen LogP contribution is -2.15. The zero-order chi connectivity index (χ0) is 12.3. The first-order valence-electron chi connectivity index (χ1n) is 5.29. The number of rotatable bonds is 4. The van der Waals surface area contributed by atoms with Gasteiger partial charge in [0.1, 0.15) is 9.84 Å². The second-order valence-electron chi connectivity index (χ2n) is 4.45. The molecule has 0 radical (unpaired) electrons. The Kier molecular flexibility index (Phi) is 4.10. The molecule has 1 atom stereocenters. The maximum atomic E-state index is 11.0. The monoisotopic (exact) mass is 241 g/mol. The fourth-order valence-corrected chi connectivity index (χ4v) is 2.41. The smallest absolute Gasteiger partial charge is 0.147 e. The average molecular weight is 241 g/mol. The molecule has 0 aliphatic rings. The number of hydrogen-bond donors (Lipinski definition) is 1. The van der Waals surface area contributed by atoms with Crippen LogP contribution < -0.4 is 5.73 Å². The van der Waals surface area contributed by atoms with E-state index in [9.17, 15) is 8.42 Å². The highest BCUT2D eigenvalue weighted by Crippen LogP contribution is 2.18. The molecule has 0 heterocycles. The summed E-state index contributed by atoms with van der Waals surface area (Å²) in [6.07, 6.45) is 1.71. The van der Waals surface area contributed by atoms with E-state index in [0.29, 0.717) is 6.42 Å². The molecule has 0 amide bonds. The molecule has 1 rings (SSSR count). The van der Waals surface area contributed by atoms with Crippen molar-refractivity contribution < 1.29 is 8.42 Å². The van der Waals surface area contributed by atoms with E-state index in [4.69, 9.17) is 5.73 Å². The minimum atomic E-state index is -2.93. The molecular weight excluding hydrogens is 222 g/mol. The van der Waals surface area contributed by atoms with Crippen molar-refractivity contribution in [3.63, 3.8) is 0 Å². The Hall–Kier alpha value is -0.870. The molecule has 0 saturated heterocycles. The van der Waals surface area contributed by atoms with Crippen LogP contribution in [0.15, 0.2) is 18.2 Å². The van der Waals surface area contributed by atoms with Crippen LogP contribution in [0.5, 0.6) is 0 Å². The van der Waals surface area contributed by atoms with E-state index in [1.807, 2.05) is 26.0 Å².